The summed E-state index contributed by atoms with van der Waals surface area (Å²) in [7, 11) is 0. The zero-order chi connectivity index (χ0) is 16.6. The van der Waals surface area contributed by atoms with E-state index in [0.717, 1.165) is 44.1 Å². The van der Waals surface area contributed by atoms with Gasteiger partial charge in [0.15, 0.2) is 0 Å². The van der Waals surface area contributed by atoms with E-state index in [-0.39, 0.29) is 6.03 Å². The van der Waals surface area contributed by atoms with Gasteiger partial charge in [-0.2, -0.15) is 0 Å². The van der Waals surface area contributed by atoms with Crippen LogP contribution in [0, 0.1) is 5.92 Å². The Balaban J connectivity index is 1.41. The van der Waals surface area contributed by atoms with Gasteiger partial charge in [0.25, 0.3) is 0 Å². The first-order valence-electron chi connectivity index (χ1n) is 9.10. The Kier molecular flexibility index (Phi) is 6.29. The first-order chi connectivity index (χ1) is 11.8. The fraction of sp³-hybridized carbons (Fsp3) is 0.667. The lowest BCUT2D eigenvalue weighted by Crippen LogP contribution is -2.38. The molecule has 0 radical (unpaired) electrons. The van der Waals surface area contributed by atoms with Crippen LogP contribution in [-0.4, -0.2) is 43.9 Å². The number of amides is 2. The molecule has 0 unspecified atom stereocenters. The number of carbonyl (C=O) groups is 1. The molecule has 1 aromatic heterocycles. The minimum Gasteiger partial charge on any atom is -0.381 e. The van der Waals surface area contributed by atoms with Gasteiger partial charge in [-0.15, -0.1) is 0 Å². The summed E-state index contributed by atoms with van der Waals surface area (Å²) in [6.07, 6.45) is 8.03. The van der Waals surface area contributed by atoms with Crippen molar-refractivity contribution in [2.45, 2.75) is 38.6 Å². The number of carbonyl (C=O) groups excluding carboxylic acids is 1. The maximum Gasteiger partial charge on any atom is 0.315 e. The molecule has 1 atom stereocenters. The van der Waals surface area contributed by atoms with Crippen LogP contribution in [0.5, 0.6) is 0 Å². The predicted molar refractivity (Wildman–Crippen MR) is 94.1 cm³/mol. The molecule has 0 saturated carbocycles. The smallest absolute Gasteiger partial charge is 0.315 e. The van der Waals surface area contributed by atoms with Crippen molar-refractivity contribution < 1.29 is 9.53 Å². The third-order valence-corrected chi connectivity index (χ3v) is 4.77. The molecule has 6 nitrogen and oxygen atoms in total. The summed E-state index contributed by atoms with van der Waals surface area (Å²) in [5.41, 5.74) is 1.02. The van der Waals surface area contributed by atoms with E-state index in [1.54, 1.807) is 0 Å². The number of hydrogen-bond acceptors (Lipinski definition) is 4. The van der Waals surface area contributed by atoms with Crippen molar-refractivity contribution >= 4 is 11.8 Å². The van der Waals surface area contributed by atoms with Crippen LogP contribution in [0.25, 0.3) is 0 Å². The molecule has 132 valence electrons. The lowest BCUT2D eigenvalue weighted by atomic mass is 10.1. The summed E-state index contributed by atoms with van der Waals surface area (Å²) in [6.45, 7) is 4.93. The van der Waals surface area contributed by atoms with Crippen molar-refractivity contribution in [1.82, 2.24) is 15.6 Å². The van der Waals surface area contributed by atoms with E-state index in [2.05, 4.69) is 32.7 Å². The summed E-state index contributed by atoms with van der Waals surface area (Å²) in [5, 5.41) is 5.79. The lowest BCUT2D eigenvalue weighted by Gasteiger charge is -2.21. The zero-order valence-electron chi connectivity index (χ0n) is 14.3. The van der Waals surface area contributed by atoms with Crippen LogP contribution in [0.2, 0.25) is 0 Å². The van der Waals surface area contributed by atoms with E-state index in [4.69, 9.17) is 4.74 Å². The number of pyridine rings is 1. The number of aromatic nitrogens is 1. The molecule has 3 rings (SSSR count). The van der Waals surface area contributed by atoms with E-state index in [1.165, 1.54) is 25.7 Å². The molecule has 2 aliphatic rings. The molecule has 0 aliphatic carbocycles. The van der Waals surface area contributed by atoms with Crippen LogP contribution in [0.4, 0.5) is 10.6 Å². The van der Waals surface area contributed by atoms with Crippen molar-refractivity contribution in [3.05, 3.63) is 23.9 Å². The molecular weight excluding hydrogens is 304 g/mol. The van der Waals surface area contributed by atoms with Crippen molar-refractivity contribution in [2.24, 2.45) is 5.92 Å². The Morgan fingerprint density at radius 3 is 2.71 bits per heavy atom. The highest BCUT2D eigenvalue weighted by Gasteiger charge is 2.16. The average Bonchev–Trinajstić information content (AvgIpc) is 2.99. The fourth-order valence-corrected chi connectivity index (χ4v) is 3.23. The first-order valence-corrected chi connectivity index (χ1v) is 9.10. The molecule has 1 aromatic rings. The van der Waals surface area contributed by atoms with Crippen LogP contribution >= 0.6 is 0 Å². The molecule has 0 spiro atoms. The number of nitrogens with zero attached hydrogens (tertiary/aromatic N) is 2. The van der Waals surface area contributed by atoms with Gasteiger partial charge >= 0.3 is 6.03 Å². The predicted octanol–water partition coefficient (Wildman–Crippen LogP) is 2.30. The Hall–Kier alpha value is -1.82. The molecule has 2 amide bonds. The molecule has 0 aromatic carbocycles. The zero-order valence-corrected chi connectivity index (χ0v) is 14.3. The summed E-state index contributed by atoms with van der Waals surface area (Å²) in [6, 6.07) is 3.99. The fourth-order valence-electron chi connectivity index (χ4n) is 3.23. The number of rotatable bonds is 5. The van der Waals surface area contributed by atoms with E-state index in [1.807, 2.05) is 6.20 Å². The molecule has 0 bridgehead atoms. The van der Waals surface area contributed by atoms with Crippen LogP contribution in [0.15, 0.2) is 18.3 Å². The normalized spacial score (nSPS) is 21.3. The Morgan fingerprint density at radius 1 is 1.21 bits per heavy atom. The standard InChI is InChI=1S/C18H28N4O2/c23-18(21-13-16-7-10-24-14-16)20-12-15-5-6-17(19-11-15)22-8-3-1-2-4-9-22/h5-6,11,16H,1-4,7-10,12-14H2,(H2,20,21,23)/t16-/m1/s1. The first kappa shape index (κ1) is 17.0. The molecule has 2 saturated heterocycles. The molecule has 2 fully saturated rings. The van der Waals surface area contributed by atoms with Crippen molar-refractivity contribution in [3.63, 3.8) is 0 Å². The van der Waals surface area contributed by atoms with Gasteiger partial charge in [-0.1, -0.05) is 18.9 Å². The van der Waals surface area contributed by atoms with Gasteiger partial charge in [0, 0.05) is 44.9 Å². The molecule has 6 heteroatoms. The monoisotopic (exact) mass is 332 g/mol. The highest BCUT2D eigenvalue weighted by molar-refractivity contribution is 5.73. The lowest BCUT2D eigenvalue weighted by molar-refractivity contribution is 0.185. The maximum atomic E-state index is 11.8. The van der Waals surface area contributed by atoms with Crippen molar-refractivity contribution in [2.75, 3.05) is 37.7 Å². The second-order valence-electron chi connectivity index (χ2n) is 6.72. The van der Waals surface area contributed by atoms with Gasteiger partial charge < -0.3 is 20.3 Å². The van der Waals surface area contributed by atoms with E-state index < -0.39 is 0 Å². The minimum absolute atomic E-state index is 0.126. The van der Waals surface area contributed by atoms with E-state index in [0.29, 0.717) is 19.0 Å². The SMILES string of the molecule is O=C(NCc1ccc(N2CCCCCC2)nc1)NC[C@H]1CCOC1. The van der Waals surface area contributed by atoms with Crippen molar-refractivity contribution in [3.8, 4) is 0 Å². The number of urea groups is 1. The second kappa shape index (κ2) is 8.87. The summed E-state index contributed by atoms with van der Waals surface area (Å²) < 4.78 is 5.30. The Morgan fingerprint density at radius 2 is 2.04 bits per heavy atom. The number of hydrogen-bond donors (Lipinski definition) is 2. The highest BCUT2D eigenvalue weighted by Crippen LogP contribution is 2.17. The minimum atomic E-state index is -0.126. The summed E-state index contributed by atoms with van der Waals surface area (Å²) >= 11 is 0. The van der Waals surface area contributed by atoms with Gasteiger partial charge in [0.2, 0.25) is 0 Å². The molecule has 2 aliphatic heterocycles. The molecule has 24 heavy (non-hydrogen) atoms. The third-order valence-electron chi connectivity index (χ3n) is 4.77. The Bertz CT molecular complexity index is 506. The maximum absolute atomic E-state index is 11.8. The van der Waals surface area contributed by atoms with Gasteiger partial charge in [0.05, 0.1) is 6.61 Å². The number of nitrogens with one attached hydrogen (secondary N) is 2. The number of anilines is 1. The molecule has 3 heterocycles. The quantitative estimate of drug-likeness (QED) is 0.868. The highest BCUT2D eigenvalue weighted by atomic mass is 16.5. The van der Waals surface area contributed by atoms with E-state index >= 15 is 0 Å². The van der Waals surface area contributed by atoms with Crippen LogP contribution < -0.4 is 15.5 Å². The molecular formula is C18H28N4O2. The third kappa shape index (κ3) is 5.09. The van der Waals surface area contributed by atoms with Gasteiger partial charge in [-0.05, 0) is 30.9 Å². The van der Waals surface area contributed by atoms with E-state index in [9.17, 15) is 4.79 Å². The average molecular weight is 332 g/mol. The van der Waals surface area contributed by atoms with Crippen LogP contribution in [0.1, 0.15) is 37.7 Å². The number of ether oxygens (including phenoxy) is 1. The van der Waals surface area contributed by atoms with Crippen molar-refractivity contribution in [1.29, 1.82) is 0 Å². The van der Waals surface area contributed by atoms with Crippen LogP contribution in [0.3, 0.4) is 0 Å². The van der Waals surface area contributed by atoms with Gasteiger partial charge in [-0.25, -0.2) is 9.78 Å². The van der Waals surface area contributed by atoms with Gasteiger partial charge in [-0.3, -0.25) is 0 Å². The van der Waals surface area contributed by atoms with Crippen LogP contribution in [-0.2, 0) is 11.3 Å². The largest absolute Gasteiger partial charge is 0.381 e. The Labute approximate surface area is 144 Å². The summed E-state index contributed by atoms with van der Waals surface area (Å²) in [4.78, 5) is 18.8. The molecule has 2 N–H and O–H groups in total. The second-order valence-corrected chi connectivity index (χ2v) is 6.72. The topological polar surface area (TPSA) is 66.5 Å². The van der Waals surface area contributed by atoms with Gasteiger partial charge in [0.1, 0.15) is 5.82 Å². The summed E-state index contributed by atoms with van der Waals surface area (Å²) in [5.74, 6) is 1.50.